The highest BCUT2D eigenvalue weighted by atomic mass is 16.2. The van der Waals surface area contributed by atoms with Gasteiger partial charge in [-0.05, 0) is 43.0 Å². The van der Waals surface area contributed by atoms with E-state index >= 15 is 0 Å². The fraction of sp³-hybridized carbons (Fsp3) is 0.333. The Bertz CT molecular complexity index is 727. The van der Waals surface area contributed by atoms with Crippen LogP contribution in [0.5, 0.6) is 0 Å². The average molecular weight is 353 g/mol. The van der Waals surface area contributed by atoms with Crippen molar-refractivity contribution < 1.29 is 9.59 Å². The minimum Gasteiger partial charge on any atom is -0.348 e. The number of hydrogen-bond donors (Lipinski definition) is 3. The number of benzene rings is 2. The van der Waals surface area contributed by atoms with Crippen LogP contribution in [0.2, 0.25) is 0 Å². The normalized spacial score (nSPS) is 13.0. The molecule has 26 heavy (non-hydrogen) atoms. The van der Waals surface area contributed by atoms with Gasteiger partial charge in [0.15, 0.2) is 0 Å². The Morgan fingerprint density at radius 3 is 1.92 bits per heavy atom. The monoisotopic (exact) mass is 353 g/mol. The predicted octanol–water partition coefficient (Wildman–Crippen LogP) is 4.20. The van der Waals surface area contributed by atoms with E-state index in [1.165, 1.54) is 5.56 Å². The summed E-state index contributed by atoms with van der Waals surface area (Å²) in [6, 6.07) is 16.1. The minimum atomic E-state index is -0.643. The van der Waals surface area contributed by atoms with Crippen LogP contribution in [0, 0.1) is 0 Å². The highest BCUT2D eigenvalue weighted by molar-refractivity contribution is 5.93. The van der Waals surface area contributed by atoms with Crippen LogP contribution in [0.1, 0.15) is 50.8 Å². The summed E-state index contributed by atoms with van der Waals surface area (Å²) in [7, 11) is 0. The molecule has 0 aromatic heterocycles. The summed E-state index contributed by atoms with van der Waals surface area (Å²) in [5, 5.41) is 8.28. The number of carbonyl (C=O) groups is 2. The third kappa shape index (κ3) is 5.62. The first-order chi connectivity index (χ1) is 12.4. The Morgan fingerprint density at radius 2 is 1.35 bits per heavy atom. The summed E-state index contributed by atoms with van der Waals surface area (Å²) in [5.74, 6) is 0.245. The van der Waals surface area contributed by atoms with Gasteiger partial charge >= 0.3 is 6.03 Å². The van der Waals surface area contributed by atoms with Gasteiger partial charge in [-0.15, -0.1) is 0 Å². The lowest BCUT2D eigenvalue weighted by molar-refractivity contribution is -0.123. The molecule has 2 rings (SSSR count). The zero-order valence-electron chi connectivity index (χ0n) is 15.7. The topological polar surface area (TPSA) is 70.2 Å². The third-order valence-electron chi connectivity index (χ3n) is 4.23. The number of para-hydroxylation sites is 1. The van der Waals surface area contributed by atoms with Crippen molar-refractivity contribution in [2.24, 2.45) is 0 Å². The first kappa shape index (κ1) is 19.5. The Labute approximate surface area is 155 Å². The number of rotatable bonds is 6. The number of urea groups is 1. The SMILES string of the molecule is CC(NC(=O)Nc1ccccc1)C(=O)NC(C)c1ccc(C(C)C)cc1. The molecule has 3 amide bonds. The van der Waals surface area contributed by atoms with Crippen LogP contribution in [0.15, 0.2) is 54.6 Å². The van der Waals surface area contributed by atoms with Gasteiger partial charge in [0.2, 0.25) is 5.91 Å². The van der Waals surface area contributed by atoms with Crippen molar-refractivity contribution in [3.63, 3.8) is 0 Å². The van der Waals surface area contributed by atoms with Crippen LogP contribution in [0.3, 0.4) is 0 Å². The summed E-state index contributed by atoms with van der Waals surface area (Å²) < 4.78 is 0. The highest BCUT2D eigenvalue weighted by Gasteiger charge is 2.18. The predicted molar refractivity (Wildman–Crippen MR) is 105 cm³/mol. The lowest BCUT2D eigenvalue weighted by Crippen LogP contribution is -2.46. The van der Waals surface area contributed by atoms with Gasteiger partial charge in [0.25, 0.3) is 0 Å². The molecular formula is C21H27N3O2. The molecule has 2 aromatic carbocycles. The second kappa shape index (κ2) is 9.04. The second-order valence-corrected chi connectivity index (χ2v) is 6.74. The summed E-state index contributed by atoms with van der Waals surface area (Å²) >= 11 is 0. The van der Waals surface area contributed by atoms with E-state index < -0.39 is 12.1 Å². The molecule has 3 N–H and O–H groups in total. The first-order valence-electron chi connectivity index (χ1n) is 8.89. The van der Waals surface area contributed by atoms with Crippen molar-refractivity contribution in [3.05, 3.63) is 65.7 Å². The molecule has 5 heteroatoms. The average Bonchev–Trinajstić information content (AvgIpc) is 2.62. The summed E-state index contributed by atoms with van der Waals surface area (Å²) in [6.45, 7) is 7.88. The van der Waals surface area contributed by atoms with E-state index in [1.54, 1.807) is 19.1 Å². The van der Waals surface area contributed by atoms with E-state index in [2.05, 4.69) is 41.9 Å². The lowest BCUT2D eigenvalue weighted by atomic mass is 9.99. The Balaban J connectivity index is 1.86. The van der Waals surface area contributed by atoms with Gasteiger partial charge in [0.05, 0.1) is 6.04 Å². The number of nitrogens with one attached hydrogen (secondary N) is 3. The molecule has 0 fully saturated rings. The van der Waals surface area contributed by atoms with E-state index in [-0.39, 0.29) is 11.9 Å². The molecular weight excluding hydrogens is 326 g/mol. The number of hydrogen-bond acceptors (Lipinski definition) is 2. The summed E-state index contributed by atoms with van der Waals surface area (Å²) in [5.41, 5.74) is 2.97. The zero-order valence-corrected chi connectivity index (χ0v) is 15.7. The lowest BCUT2D eigenvalue weighted by Gasteiger charge is -2.19. The fourth-order valence-electron chi connectivity index (χ4n) is 2.54. The molecule has 2 unspecified atom stereocenters. The molecule has 0 aliphatic heterocycles. The highest BCUT2D eigenvalue weighted by Crippen LogP contribution is 2.18. The van der Waals surface area contributed by atoms with E-state index in [0.717, 1.165) is 5.56 Å². The van der Waals surface area contributed by atoms with Crippen LogP contribution < -0.4 is 16.0 Å². The van der Waals surface area contributed by atoms with E-state index in [0.29, 0.717) is 11.6 Å². The summed E-state index contributed by atoms with van der Waals surface area (Å²) in [4.78, 5) is 24.3. The Kier molecular flexibility index (Phi) is 6.78. The molecule has 0 radical (unpaired) electrons. The van der Waals surface area contributed by atoms with Crippen molar-refractivity contribution in [2.75, 3.05) is 5.32 Å². The van der Waals surface area contributed by atoms with Crippen LogP contribution in [-0.2, 0) is 4.79 Å². The van der Waals surface area contributed by atoms with Crippen LogP contribution in [0.25, 0.3) is 0 Å². The van der Waals surface area contributed by atoms with Crippen LogP contribution in [0.4, 0.5) is 10.5 Å². The van der Waals surface area contributed by atoms with Gasteiger partial charge in [-0.1, -0.05) is 56.3 Å². The van der Waals surface area contributed by atoms with Gasteiger partial charge in [-0.3, -0.25) is 4.79 Å². The molecule has 0 saturated heterocycles. The zero-order chi connectivity index (χ0) is 19.1. The maximum absolute atomic E-state index is 12.3. The fourth-order valence-corrected chi connectivity index (χ4v) is 2.54. The molecule has 138 valence electrons. The first-order valence-corrected chi connectivity index (χ1v) is 8.89. The van der Waals surface area contributed by atoms with Crippen LogP contribution in [-0.4, -0.2) is 18.0 Å². The number of carbonyl (C=O) groups excluding carboxylic acids is 2. The van der Waals surface area contributed by atoms with Crippen molar-refractivity contribution in [3.8, 4) is 0 Å². The van der Waals surface area contributed by atoms with Crippen LogP contribution >= 0.6 is 0 Å². The molecule has 0 aliphatic rings. The Morgan fingerprint density at radius 1 is 0.769 bits per heavy atom. The Hall–Kier alpha value is -2.82. The largest absolute Gasteiger partial charge is 0.348 e. The van der Waals surface area contributed by atoms with Gasteiger partial charge in [0, 0.05) is 5.69 Å². The van der Waals surface area contributed by atoms with E-state index in [4.69, 9.17) is 0 Å². The molecule has 0 aliphatic carbocycles. The number of anilines is 1. The molecule has 2 atom stereocenters. The molecule has 0 spiro atoms. The van der Waals surface area contributed by atoms with Gasteiger partial charge < -0.3 is 16.0 Å². The van der Waals surface area contributed by atoms with Crippen molar-refractivity contribution in [1.82, 2.24) is 10.6 Å². The van der Waals surface area contributed by atoms with Gasteiger partial charge in [0.1, 0.15) is 6.04 Å². The molecule has 5 nitrogen and oxygen atoms in total. The smallest absolute Gasteiger partial charge is 0.319 e. The summed E-state index contributed by atoms with van der Waals surface area (Å²) in [6.07, 6.45) is 0. The molecule has 0 saturated carbocycles. The van der Waals surface area contributed by atoms with E-state index in [1.807, 2.05) is 37.3 Å². The minimum absolute atomic E-state index is 0.134. The number of amides is 3. The maximum atomic E-state index is 12.3. The van der Waals surface area contributed by atoms with Crippen molar-refractivity contribution in [2.45, 2.75) is 45.7 Å². The quantitative estimate of drug-likeness (QED) is 0.728. The molecule has 0 heterocycles. The molecule has 2 aromatic rings. The maximum Gasteiger partial charge on any atom is 0.319 e. The van der Waals surface area contributed by atoms with E-state index in [9.17, 15) is 9.59 Å². The second-order valence-electron chi connectivity index (χ2n) is 6.74. The van der Waals surface area contributed by atoms with Gasteiger partial charge in [-0.25, -0.2) is 4.79 Å². The standard InChI is InChI=1S/C21H27N3O2/c1-14(2)17-10-12-18(13-11-17)15(3)22-20(25)16(4)23-21(26)24-19-8-6-5-7-9-19/h5-16H,1-4H3,(H,22,25)(H2,23,24,26). The third-order valence-corrected chi connectivity index (χ3v) is 4.23. The van der Waals surface area contributed by atoms with Crippen molar-refractivity contribution >= 4 is 17.6 Å². The molecule has 0 bridgehead atoms. The van der Waals surface area contributed by atoms with Crippen molar-refractivity contribution in [1.29, 1.82) is 0 Å². The van der Waals surface area contributed by atoms with Gasteiger partial charge in [-0.2, -0.15) is 0 Å².